The van der Waals surface area contributed by atoms with Gasteiger partial charge in [-0.1, -0.05) is 0 Å². The molecule has 1 saturated heterocycles. The van der Waals surface area contributed by atoms with Gasteiger partial charge in [0.2, 0.25) is 0 Å². The van der Waals surface area contributed by atoms with Crippen molar-refractivity contribution in [1.29, 1.82) is 0 Å². The molecule has 2 fully saturated rings. The summed E-state index contributed by atoms with van der Waals surface area (Å²) in [5.41, 5.74) is 0. The molecule has 2 aliphatic rings. The first kappa shape index (κ1) is 14.1. The molecule has 0 aromatic rings. The number of carboxylic acids is 1. The highest BCUT2D eigenvalue weighted by atomic mass is 16.5. The molecule has 0 radical (unpaired) electrons. The molecule has 1 aliphatic carbocycles. The number of hydrogen-bond donors (Lipinski definition) is 2. The summed E-state index contributed by atoms with van der Waals surface area (Å²) in [6.07, 6.45) is 2.98. The number of carboxylic acid groups (broad SMARTS) is 1. The SMILES string of the molecule is CCOC1CC(NC(=O)N2CCC(CC(=O)O)C2)C1. The number of rotatable bonds is 5. The Kier molecular flexibility index (Phi) is 4.63. The van der Waals surface area contributed by atoms with E-state index >= 15 is 0 Å². The number of carbonyl (C=O) groups is 2. The second-order valence-electron chi connectivity index (χ2n) is 5.39. The van der Waals surface area contributed by atoms with Crippen LogP contribution in [0.2, 0.25) is 0 Å². The standard InChI is InChI=1S/C13H22N2O4/c1-2-19-11-6-10(7-11)14-13(18)15-4-3-9(8-15)5-12(16)17/h9-11H,2-8H2,1H3,(H,14,18)(H,16,17). The quantitative estimate of drug-likeness (QED) is 0.783. The summed E-state index contributed by atoms with van der Waals surface area (Å²) in [7, 11) is 0. The van der Waals surface area contributed by atoms with E-state index in [2.05, 4.69) is 5.32 Å². The Bertz CT molecular complexity index is 342. The monoisotopic (exact) mass is 270 g/mol. The maximum Gasteiger partial charge on any atom is 0.317 e. The number of nitrogens with zero attached hydrogens (tertiary/aromatic N) is 1. The third-order valence-corrected chi connectivity index (χ3v) is 3.86. The number of carbonyl (C=O) groups excluding carboxylic acids is 1. The molecular weight excluding hydrogens is 248 g/mol. The zero-order valence-corrected chi connectivity index (χ0v) is 11.3. The van der Waals surface area contributed by atoms with E-state index in [0.29, 0.717) is 19.7 Å². The number of hydrogen-bond acceptors (Lipinski definition) is 3. The lowest BCUT2D eigenvalue weighted by atomic mass is 9.89. The van der Waals surface area contributed by atoms with Crippen LogP contribution >= 0.6 is 0 Å². The summed E-state index contributed by atoms with van der Waals surface area (Å²) in [6, 6.07) is 0.149. The Morgan fingerprint density at radius 2 is 2.16 bits per heavy atom. The van der Waals surface area contributed by atoms with Gasteiger partial charge < -0.3 is 20.1 Å². The fourth-order valence-corrected chi connectivity index (χ4v) is 2.75. The van der Waals surface area contributed by atoms with Crippen molar-refractivity contribution in [3.8, 4) is 0 Å². The highest BCUT2D eigenvalue weighted by Gasteiger charge is 2.33. The molecule has 1 atom stereocenters. The molecule has 2 N–H and O–H groups in total. The summed E-state index contributed by atoms with van der Waals surface area (Å²) >= 11 is 0. The zero-order valence-electron chi connectivity index (χ0n) is 11.3. The van der Waals surface area contributed by atoms with Crippen LogP contribution in [0.25, 0.3) is 0 Å². The smallest absolute Gasteiger partial charge is 0.317 e. The first-order chi connectivity index (χ1) is 9.08. The van der Waals surface area contributed by atoms with E-state index < -0.39 is 5.97 Å². The number of nitrogens with one attached hydrogen (secondary N) is 1. The molecular formula is C13H22N2O4. The molecule has 6 heteroatoms. The Morgan fingerprint density at radius 3 is 2.79 bits per heavy atom. The van der Waals surface area contributed by atoms with Crippen LogP contribution in [0, 0.1) is 5.92 Å². The predicted molar refractivity (Wildman–Crippen MR) is 68.9 cm³/mol. The van der Waals surface area contributed by atoms with Crippen molar-refractivity contribution >= 4 is 12.0 Å². The van der Waals surface area contributed by atoms with Crippen molar-refractivity contribution in [1.82, 2.24) is 10.2 Å². The van der Waals surface area contributed by atoms with Gasteiger partial charge >= 0.3 is 12.0 Å². The fraction of sp³-hybridized carbons (Fsp3) is 0.846. The molecule has 6 nitrogen and oxygen atoms in total. The Morgan fingerprint density at radius 1 is 1.42 bits per heavy atom. The van der Waals surface area contributed by atoms with Crippen molar-refractivity contribution in [3.63, 3.8) is 0 Å². The minimum atomic E-state index is -0.786. The third-order valence-electron chi connectivity index (χ3n) is 3.86. The van der Waals surface area contributed by atoms with Crippen LogP contribution < -0.4 is 5.32 Å². The summed E-state index contributed by atoms with van der Waals surface area (Å²) in [6.45, 7) is 3.90. The van der Waals surface area contributed by atoms with Crippen molar-refractivity contribution in [2.75, 3.05) is 19.7 Å². The van der Waals surface area contributed by atoms with Gasteiger partial charge in [0.1, 0.15) is 0 Å². The van der Waals surface area contributed by atoms with Gasteiger partial charge in [0, 0.05) is 32.2 Å². The van der Waals surface area contributed by atoms with Crippen LogP contribution in [-0.4, -0.2) is 53.8 Å². The van der Waals surface area contributed by atoms with Gasteiger partial charge in [0.25, 0.3) is 0 Å². The maximum atomic E-state index is 12.0. The van der Waals surface area contributed by atoms with E-state index in [1.165, 1.54) is 0 Å². The van der Waals surface area contributed by atoms with Gasteiger partial charge in [0.15, 0.2) is 0 Å². The topological polar surface area (TPSA) is 78.9 Å². The van der Waals surface area contributed by atoms with Gasteiger partial charge in [-0.05, 0) is 32.1 Å². The average Bonchev–Trinajstić information content (AvgIpc) is 2.73. The second-order valence-corrected chi connectivity index (χ2v) is 5.39. The molecule has 0 aromatic carbocycles. The van der Waals surface area contributed by atoms with E-state index in [4.69, 9.17) is 9.84 Å². The molecule has 108 valence electrons. The normalized spacial score (nSPS) is 29.9. The van der Waals surface area contributed by atoms with Crippen molar-refractivity contribution in [2.45, 2.75) is 44.8 Å². The van der Waals surface area contributed by atoms with E-state index in [-0.39, 0.29) is 30.5 Å². The highest BCUT2D eigenvalue weighted by Crippen LogP contribution is 2.24. The molecule has 2 rings (SSSR count). The molecule has 1 aliphatic heterocycles. The summed E-state index contributed by atoms with van der Waals surface area (Å²) < 4.78 is 5.45. The molecule has 1 heterocycles. The van der Waals surface area contributed by atoms with Crippen LogP contribution in [0.4, 0.5) is 4.79 Å². The van der Waals surface area contributed by atoms with Crippen LogP contribution in [0.5, 0.6) is 0 Å². The molecule has 0 bridgehead atoms. The zero-order chi connectivity index (χ0) is 13.8. The van der Waals surface area contributed by atoms with Gasteiger partial charge in [-0.2, -0.15) is 0 Å². The van der Waals surface area contributed by atoms with Crippen LogP contribution in [0.15, 0.2) is 0 Å². The number of aliphatic carboxylic acids is 1. The van der Waals surface area contributed by atoms with Crippen molar-refractivity contribution in [2.24, 2.45) is 5.92 Å². The summed E-state index contributed by atoms with van der Waals surface area (Å²) in [4.78, 5) is 24.3. The molecule has 0 aromatic heterocycles. The van der Waals surface area contributed by atoms with Crippen molar-refractivity contribution in [3.05, 3.63) is 0 Å². The third kappa shape index (κ3) is 3.83. The van der Waals surface area contributed by atoms with Crippen LogP contribution in [0.1, 0.15) is 32.6 Å². The van der Waals surface area contributed by atoms with E-state index in [9.17, 15) is 9.59 Å². The average molecular weight is 270 g/mol. The molecule has 2 amide bonds. The first-order valence-electron chi connectivity index (χ1n) is 6.97. The molecule has 0 spiro atoms. The number of likely N-dealkylation sites (tertiary alicyclic amines) is 1. The van der Waals surface area contributed by atoms with E-state index in [1.54, 1.807) is 4.90 Å². The largest absolute Gasteiger partial charge is 0.481 e. The fourth-order valence-electron chi connectivity index (χ4n) is 2.75. The molecule has 19 heavy (non-hydrogen) atoms. The Labute approximate surface area is 113 Å². The molecule has 1 saturated carbocycles. The van der Waals surface area contributed by atoms with Gasteiger partial charge in [0.05, 0.1) is 6.10 Å². The van der Waals surface area contributed by atoms with Crippen molar-refractivity contribution < 1.29 is 19.4 Å². The predicted octanol–water partition coefficient (Wildman–Crippen LogP) is 1.06. The number of urea groups is 1. The lowest BCUT2D eigenvalue weighted by molar-refractivity contribution is -0.138. The second kappa shape index (κ2) is 6.23. The molecule has 1 unspecified atom stereocenters. The van der Waals surface area contributed by atoms with Crippen LogP contribution in [-0.2, 0) is 9.53 Å². The Hall–Kier alpha value is -1.30. The highest BCUT2D eigenvalue weighted by molar-refractivity contribution is 5.75. The van der Waals surface area contributed by atoms with Gasteiger partial charge in [-0.3, -0.25) is 4.79 Å². The first-order valence-corrected chi connectivity index (χ1v) is 6.97. The lowest BCUT2D eigenvalue weighted by Gasteiger charge is -2.36. The summed E-state index contributed by atoms with van der Waals surface area (Å²) in [5.74, 6) is -0.688. The summed E-state index contributed by atoms with van der Waals surface area (Å²) in [5, 5.41) is 11.7. The minimum Gasteiger partial charge on any atom is -0.481 e. The lowest BCUT2D eigenvalue weighted by Crippen LogP contribution is -2.51. The van der Waals surface area contributed by atoms with E-state index in [0.717, 1.165) is 19.3 Å². The number of ether oxygens (including phenoxy) is 1. The van der Waals surface area contributed by atoms with Gasteiger partial charge in [-0.15, -0.1) is 0 Å². The van der Waals surface area contributed by atoms with Crippen LogP contribution in [0.3, 0.4) is 0 Å². The maximum absolute atomic E-state index is 12.0. The minimum absolute atomic E-state index is 0.0622. The van der Waals surface area contributed by atoms with E-state index in [1.807, 2.05) is 6.92 Å². The van der Waals surface area contributed by atoms with Gasteiger partial charge in [-0.25, -0.2) is 4.79 Å². The Balaban J connectivity index is 1.66. The number of amides is 2.